The molecule has 8 nitrogen and oxygen atoms in total. The molecule has 0 atom stereocenters. The molecular formula is C13H22N6O2. The van der Waals surface area contributed by atoms with E-state index in [-0.39, 0.29) is 17.9 Å². The van der Waals surface area contributed by atoms with Crippen molar-refractivity contribution in [1.29, 1.82) is 0 Å². The summed E-state index contributed by atoms with van der Waals surface area (Å²) in [5, 5.41) is 2.98. The molecule has 0 radical (unpaired) electrons. The maximum atomic E-state index is 12.0. The maximum absolute atomic E-state index is 12.0. The van der Waals surface area contributed by atoms with Crippen molar-refractivity contribution in [1.82, 2.24) is 19.9 Å². The summed E-state index contributed by atoms with van der Waals surface area (Å²) in [4.78, 5) is 25.8. The number of carbonyl (C=O) groups excluding carboxylic acids is 1. The van der Waals surface area contributed by atoms with Gasteiger partial charge in [-0.2, -0.15) is 15.0 Å². The number of likely N-dealkylation sites (tertiary alicyclic amines) is 1. The molecular weight excluding hydrogens is 272 g/mol. The number of anilines is 2. The zero-order valence-corrected chi connectivity index (χ0v) is 12.3. The molecule has 1 amide bonds. The van der Waals surface area contributed by atoms with Gasteiger partial charge in [-0.1, -0.05) is 0 Å². The third-order valence-corrected chi connectivity index (χ3v) is 3.24. The van der Waals surface area contributed by atoms with Crippen LogP contribution in [-0.2, 0) is 4.79 Å². The molecule has 1 aliphatic heterocycles. The number of amides is 1. The number of carbonyl (C=O) groups is 1. The summed E-state index contributed by atoms with van der Waals surface area (Å²) >= 11 is 0. The second-order valence-corrected chi connectivity index (χ2v) is 4.85. The first-order valence-electron chi connectivity index (χ1n) is 7.35. The minimum absolute atomic E-state index is 0.0957. The minimum atomic E-state index is 0.0957. The van der Waals surface area contributed by atoms with Crippen LogP contribution in [-0.4, -0.2) is 52.0 Å². The third kappa shape index (κ3) is 4.73. The van der Waals surface area contributed by atoms with Gasteiger partial charge in [0.25, 0.3) is 0 Å². The minimum Gasteiger partial charge on any atom is -0.464 e. The Kier molecular flexibility index (Phi) is 5.53. The van der Waals surface area contributed by atoms with Crippen molar-refractivity contribution in [3.05, 3.63) is 0 Å². The summed E-state index contributed by atoms with van der Waals surface area (Å²) < 4.78 is 5.19. The Bertz CT molecular complexity index is 476. The monoisotopic (exact) mass is 294 g/mol. The molecule has 116 valence electrons. The molecule has 2 heterocycles. The van der Waals surface area contributed by atoms with E-state index >= 15 is 0 Å². The standard InChI is InChI=1S/C13H22N6O2/c1-2-21-13-17-11(14)16-12(18-13)15-7-6-10(20)19-8-4-3-5-9-19/h2-9H2,1H3,(H3,14,15,16,17,18). The topological polar surface area (TPSA) is 106 Å². The number of nitrogens with zero attached hydrogens (tertiary/aromatic N) is 4. The van der Waals surface area contributed by atoms with Crippen molar-refractivity contribution < 1.29 is 9.53 Å². The number of rotatable bonds is 6. The molecule has 0 aliphatic carbocycles. The van der Waals surface area contributed by atoms with Gasteiger partial charge in [-0.3, -0.25) is 4.79 Å². The van der Waals surface area contributed by atoms with Crippen molar-refractivity contribution in [2.24, 2.45) is 0 Å². The number of ether oxygens (including phenoxy) is 1. The van der Waals surface area contributed by atoms with Crippen molar-refractivity contribution in [3.63, 3.8) is 0 Å². The van der Waals surface area contributed by atoms with E-state index in [0.29, 0.717) is 25.5 Å². The zero-order chi connectivity index (χ0) is 15.1. The predicted octanol–water partition coefficient (Wildman–Crippen LogP) is 0.667. The quantitative estimate of drug-likeness (QED) is 0.794. The summed E-state index contributed by atoms with van der Waals surface area (Å²) in [6.45, 7) is 4.49. The molecule has 0 bridgehead atoms. The Morgan fingerprint density at radius 2 is 2.05 bits per heavy atom. The van der Waals surface area contributed by atoms with Crippen LogP contribution in [0.5, 0.6) is 6.01 Å². The lowest BCUT2D eigenvalue weighted by Crippen LogP contribution is -2.36. The van der Waals surface area contributed by atoms with Crippen molar-refractivity contribution in [3.8, 4) is 6.01 Å². The Balaban J connectivity index is 1.81. The van der Waals surface area contributed by atoms with Crippen LogP contribution in [0.15, 0.2) is 0 Å². The van der Waals surface area contributed by atoms with Crippen LogP contribution in [0.2, 0.25) is 0 Å². The number of nitrogens with one attached hydrogen (secondary N) is 1. The number of hydrogen-bond acceptors (Lipinski definition) is 7. The second-order valence-electron chi connectivity index (χ2n) is 4.85. The average Bonchev–Trinajstić information content (AvgIpc) is 2.48. The van der Waals surface area contributed by atoms with Gasteiger partial charge >= 0.3 is 6.01 Å². The molecule has 0 saturated carbocycles. The van der Waals surface area contributed by atoms with Gasteiger partial charge in [0.15, 0.2) is 0 Å². The molecule has 3 N–H and O–H groups in total. The number of nitrogen functional groups attached to an aromatic ring is 1. The van der Waals surface area contributed by atoms with Crippen molar-refractivity contribution in [2.45, 2.75) is 32.6 Å². The Labute approximate surface area is 124 Å². The smallest absolute Gasteiger partial charge is 0.323 e. The summed E-state index contributed by atoms with van der Waals surface area (Å²) in [6.07, 6.45) is 3.82. The van der Waals surface area contributed by atoms with Gasteiger partial charge in [-0.25, -0.2) is 0 Å². The van der Waals surface area contributed by atoms with Crippen LogP contribution in [0.4, 0.5) is 11.9 Å². The normalized spacial score (nSPS) is 14.8. The molecule has 1 saturated heterocycles. The van der Waals surface area contributed by atoms with Gasteiger partial charge in [0.05, 0.1) is 6.61 Å². The Morgan fingerprint density at radius 3 is 2.76 bits per heavy atom. The van der Waals surface area contributed by atoms with E-state index in [4.69, 9.17) is 10.5 Å². The van der Waals surface area contributed by atoms with Crippen LogP contribution < -0.4 is 15.8 Å². The molecule has 8 heteroatoms. The highest BCUT2D eigenvalue weighted by atomic mass is 16.5. The number of piperidine rings is 1. The van der Waals surface area contributed by atoms with E-state index in [0.717, 1.165) is 25.9 Å². The van der Waals surface area contributed by atoms with E-state index in [1.807, 2.05) is 11.8 Å². The Hall–Kier alpha value is -2.12. The van der Waals surface area contributed by atoms with Crippen LogP contribution in [0, 0.1) is 0 Å². The van der Waals surface area contributed by atoms with Gasteiger partial charge < -0.3 is 20.7 Å². The van der Waals surface area contributed by atoms with Crippen molar-refractivity contribution >= 4 is 17.8 Å². The van der Waals surface area contributed by atoms with E-state index < -0.39 is 0 Å². The first-order valence-corrected chi connectivity index (χ1v) is 7.35. The lowest BCUT2D eigenvalue weighted by molar-refractivity contribution is -0.131. The van der Waals surface area contributed by atoms with Gasteiger partial charge in [0, 0.05) is 26.1 Å². The van der Waals surface area contributed by atoms with Crippen LogP contribution in [0.3, 0.4) is 0 Å². The summed E-state index contributed by atoms with van der Waals surface area (Å²) in [6, 6.07) is 0.190. The highest BCUT2D eigenvalue weighted by Crippen LogP contribution is 2.11. The van der Waals surface area contributed by atoms with E-state index in [1.165, 1.54) is 6.42 Å². The fraction of sp³-hybridized carbons (Fsp3) is 0.692. The summed E-state index contributed by atoms with van der Waals surface area (Å²) in [5.74, 6) is 0.588. The largest absolute Gasteiger partial charge is 0.464 e. The first-order chi connectivity index (χ1) is 10.2. The molecule has 0 spiro atoms. The van der Waals surface area contributed by atoms with Gasteiger partial charge in [0.1, 0.15) is 0 Å². The van der Waals surface area contributed by atoms with E-state index in [2.05, 4.69) is 20.3 Å². The highest BCUT2D eigenvalue weighted by Gasteiger charge is 2.16. The molecule has 1 aliphatic rings. The molecule has 1 fully saturated rings. The fourth-order valence-corrected chi connectivity index (χ4v) is 2.23. The Morgan fingerprint density at radius 1 is 1.29 bits per heavy atom. The molecule has 2 rings (SSSR count). The van der Waals surface area contributed by atoms with Crippen molar-refractivity contribution in [2.75, 3.05) is 37.3 Å². The molecule has 0 aromatic carbocycles. The molecule has 21 heavy (non-hydrogen) atoms. The second kappa shape index (κ2) is 7.61. The fourth-order valence-electron chi connectivity index (χ4n) is 2.23. The average molecular weight is 294 g/mol. The highest BCUT2D eigenvalue weighted by molar-refractivity contribution is 5.76. The molecule has 0 unspecified atom stereocenters. The molecule has 1 aromatic rings. The lowest BCUT2D eigenvalue weighted by atomic mass is 10.1. The SMILES string of the molecule is CCOc1nc(N)nc(NCCC(=O)N2CCCCC2)n1. The summed E-state index contributed by atoms with van der Waals surface area (Å²) in [5.41, 5.74) is 5.58. The van der Waals surface area contributed by atoms with E-state index in [1.54, 1.807) is 0 Å². The van der Waals surface area contributed by atoms with Gasteiger partial charge in [-0.05, 0) is 26.2 Å². The van der Waals surface area contributed by atoms with Gasteiger partial charge in [0.2, 0.25) is 17.8 Å². The molecule has 1 aromatic heterocycles. The third-order valence-electron chi connectivity index (χ3n) is 3.24. The van der Waals surface area contributed by atoms with E-state index in [9.17, 15) is 4.79 Å². The van der Waals surface area contributed by atoms with Crippen LogP contribution >= 0.6 is 0 Å². The summed E-state index contributed by atoms with van der Waals surface area (Å²) in [7, 11) is 0. The van der Waals surface area contributed by atoms with Crippen LogP contribution in [0.25, 0.3) is 0 Å². The first kappa shape index (κ1) is 15.3. The maximum Gasteiger partial charge on any atom is 0.323 e. The van der Waals surface area contributed by atoms with Crippen LogP contribution in [0.1, 0.15) is 32.6 Å². The zero-order valence-electron chi connectivity index (χ0n) is 12.3. The predicted molar refractivity (Wildman–Crippen MR) is 78.9 cm³/mol. The number of hydrogen-bond donors (Lipinski definition) is 2. The number of nitrogens with two attached hydrogens (primary N) is 1. The van der Waals surface area contributed by atoms with Gasteiger partial charge in [-0.15, -0.1) is 0 Å². The lowest BCUT2D eigenvalue weighted by Gasteiger charge is -2.26. The number of aromatic nitrogens is 3.